The lowest BCUT2D eigenvalue weighted by Gasteiger charge is -2.26. The zero-order chi connectivity index (χ0) is 28.4. The summed E-state index contributed by atoms with van der Waals surface area (Å²) in [5.74, 6) is 1.19. The van der Waals surface area contributed by atoms with Gasteiger partial charge in [0.1, 0.15) is 17.5 Å². The van der Waals surface area contributed by atoms with Gasteiger partial charge in [-0.1, -0.05) is 43.4 Å². The molecule has 8 heteroatoms. The topological polar surface area (TPSA) is 79.1 Å². The number of benzene rings is 2. The number of thiazole rings is 1. The van der Waals surface area contributed by atoms with Crippen molar-refractivity contribution in [2.45, 2.75) is 66.5 Å². The van der Waals surface area contributed by atoms with Gasteiger partial charge in [-0.25, -0.2) is 9.79 Å². The lowest BCUT2D eigenvalue weighted by molar-refractivity contribution is -0.139. The van der Waals surface area contributed by atoms with Gasteiger partial charge in [0.05, 0.1) is 35.6 Å². The molecule has 0 unspecified atom stereocenters. The lowest BCUT2D eigenvalue weighted by Crippen LogP contribution is -2.40. The minimum atomic E-state index is -0.736. The molecule has 1 aromatic heterocycles. The average Bonchev–Trinajstić information content (AvgIpc) is 3.18. The molecule has 1 aliphatic rings. The Bertz CT molecular complexity index is 1610. The molecule has 4 rings (SSSR count). The Hall–Kier alpha value is -3.65. The second-order valence-corrected chi connectivity index (χ2v) is 11.1. The van der Waals surface area contributed by atoms with Gasteiger partial charge in [0.2, 0.25) is 0 Å². The summed E-state index contributed by atoms with van der Waals surface area (Å²) in [7, 11) is 1.67. The highest BCUT2D eigenvalue weighted by atomic mass is 32.1. The van der Waals surface area contributed by atoms with Crippen LogP contribution in [0.5, 0.6) is 11.5 Å². The van der Waals surface area contributed by atoms with Crippen LogP contribution in [0.2, 0.25) is 0 Å². The first-order valence-electron chi connectivity index (χ1n) is 13.2. The summed E-state index contributed by atoms with van der Waals surface area (Å²) in [6, 6.07) is 10.9. The van der Waals surface area contributed by atoms with Crippen molar-refractivity contribution >= 4 is 23.4 Å². The fourth-order valence-electron chi connectivity index (χ4n) is 4.79. The predicted molar refractivity (Wildman–Crippen MR) is 154 cm³/mol. The van der Waals surface area contributed by atoms with Crippen molar-refractivity contribution in [2.24, 2.45) is 4.99 Å². The van der Waals surface area contributed by atoms with Gasteiger partial charge in [0.25, 0.3) is 5.56 Å². The van der Waals surface area contributed by atoms with E-state index < -0.39 is 12.0 Å². The van der Waals surface area contributed by atoms with Gasteiger partial charge < -0.3 is 14.2 Å². The molecular weight excluding hydrogens is 512 g/mol. The number of para-hydroxylation sites is 1. The number of fused-ring (bicyclic) bond motifs is 1. The summed E-state index contributed by atoms with van der Waals surface area (Å²) in [5.41, 5.74) is 4.34. The Morgan fingerprint density at radius 1 is 1.13 bits per heavy atom. The van der Waals surface area contributed by atoms with E-state index in [0.29, 0.717) is 31.9 Å². The van der Waals surface area contributed by atoms with Crippen molar-refractivity contribution in [3.05, 3.63) is 89.6 Å². The molecule has 0 amide bonds. The number of hydrogen-bond acceptors (Lipinski definition) is 7. The monoisotopic (exact) mass is 548 g/mol. The number of aryl methyl sites for hydroxylation is 1. The Labute approximate surface area is 233 Å². The van der Waals surface area contributed by atoms with Crippen molar-refractivity contribution in [3.8, 4) is 11.5 Å². The number of ether oxygens (including phenoxy) is 3. The zero-order valence-corrected chi connectivity index (χ0v) is 24.6. The van der Waals surface area contributed by atoms with E-state index >= 15 is 0 Å². The van der Waals surface area contributed by atoms with Crippen LogP contribution in [-0.4, -0.2) is 30.4 Å². The third-order valence-corrected chi connectivity index (χ3v) is 7.60. The number of aromatic nitrogens is 1. The standard InChI is InChI=1S/C31H36N2O5S/c1-9-37-30(35)27-20(7)32-31-33(28(27)22-12-10-11-13-24(22)38-18(4)5)29(34)26(39-31)16-21-15-23(17(2)3)25(36-8)14-19(21)6/h10-18,28H,9H2,1-8H3/b26-16+/t28-/m0/s1. The quantitative estimate of drug-likeness (QED) is 0.369. The van der Waals surface area contributed by atoms with Gasteiger partial charge in [-0.15, -0.1) is 0 Å². The number of methoxy groups -OCH3 is 1. The largest absolute Gasteiger partial charge is 0.496 e. The third-order valence-electron chi connectivity index (χ3n) is 6.62. The van der Waals surface area contributed by atoms with Crippen molar-refractivity contribution in [3.63, 3.8) is 0 Å². The van der Waals surface area contributed by atoms with E-state index in [2.05, 4.69) is 19.9 Å². The normalized spacial score (nSPS) is 15.4. The first-order chi connectivity index (χ1) is 18.6. The van der Waals surface area contributed by atoms with Gasteiger partial charge in [-0.05, 0) is 81.5 Å². The minimum Gasteiger partial charge on any atom is -0.496 e. The fraction of sp³-hybridized carbons (Fsp3) is 0.387. The zero-order valence-electron chi connectivity index (χ0n) is 23.8. The maximum absolute atomic E-state index is 14.1. The summed E-state index contributed by atoms with van der Waals surface area (Å²) in [6.45, 7) is 13.9. The second kappa shape index (κ2) is 11.6. The highest BCUT2D eigenvalue weighted by Crippen LogP contribution is 2.36. The number of allylic oxidation sites excluding steroid dienone is 1. The van der Waals surface area contributed by atoms with Crippen LogP contribution in [0.3, 0.4) is 0 Å². The van der Waals surface area contributed by atoms with Crippen LogP contribution < -0.4 is 24.4 Å². The predicted octanol–water partition coefficient (Wildman–Crippen LogP) is 5.03. The van der Waals surface area contributed by atoms with Gasteiger partial charge in [-0.2, -0.15) is 0 Å². The van der Waals surface area contributed by atoms with Gasteiger partial charge >= 0.3 is 5.97 Å². The van der Waals surface area contributed by atoms with Gasteiger partial charge in [0, 0.05) is 5.56 Å². The number of hydrogen-bond donors (Lipinski definition) is 0. The van der Waals surface area contributed by atoms with E-state index in [-0.39, 0.29) is 24.2 Å². The van der Waals surface area contributed by atoms with E-state index in [0.717, 1.165) is 22.4 Å². The molecule has 0 N–H and O–H groups in total. The number of rotatable bonds is 8. The number of nitrogens with zero attached hydrogens (tertiary/aromatic N) is 2. The molecular formula is C31H36N2O5S. The van der Waals surface area contributed by atoms with E-state index in [1.54, 1.807) is 25.5 Å². The summed E-state index contributed by atoms with van der Waals surface area (Å²) >= 11 is 1.31. The molecule has 1 atom stereocenters. The molecule has 2 heterocycles. The molecule has 1 aliphatic heterocycles. The van der Waals surface area contributed by atoms with E-state index in [4.69, 9.17) is 19.2 Å². The molecule has 3 aromatic rings. The molecule has 0 aliphatic carbocycles. The summed E-state index contributed by atoms with van der Waals surface area (Å²) in [5, 5.41) is 0. The van der Waals surface area contributed by atoms with Crippen molar-refractivity contribution in [1.29, 1.82) is 0 Å². The van der Waals surface area contributed by atoms with Crippen molar-refractivity contribution in [2.75, 3.05) is 13.7 Å². The smallest absolute Gasteiger partial charge is 0.338 e. The van der Waals surface area contributed by atoms with Gasteiger partial charge in [0.15, 0.2) is 4.80 Å². The molecule has 206 valence electrons. The Morgan fingerprint density at radius 2 is 1.85 bits per heavy atom. The Morgan fingerprint density at radius 3 is 2.49 bits per heavy atom. The Kier molecular flexibility index (Phi) is 8.45. The molecule has 0 radical (unpaired) electrons. The molecule has 0 saturated carbocycles. The highest BCUT2D eigenvalue weighted by molar-refractivity contribution is 7.07. The van der Waals surface area contributed by atoms with Gasteiger partial charge in [-0.3, -0.25) is 9.36 Å². The van der Waals surface area contributed by atoms with Crippen LogP contribution in [0.4, 0.5) is 0 Å². The highest BCUT2D eigenvalue weighted by Gasteiger charge is 2.35. The fourth-order valence-corrected chi connectivity index (χ4v) is 5.83. The summed E-state index contributed by atoms with van der Waals surface area (Å²) in [6.07, 6.45) is 1.81. The van der Waals surface area contributed by atoms with Crippen molar-refractivity contribution < 1.29 is 19.0 Å². The average molecular weight is 549 g/mol. The van der Waals surface area contributed by atoms with Crippen LogP contribution in [0.25, 0.3) is 6.08 Å². The number of esters is 1. The van der Waals surface area contributed by atoms with E-state index in [9.17, 15) is 9.59 Å². The molecule has 0 fully saturated rings. The maximum Gasteiger partial charge on any atom is 0.338 e. The molecule has 39 heavy (non-hydrogen) atoms. The minimum absolute atomic E-state index is 0.0914. The first-order valence-corrected chi connectivity index (χ1v) is 14.0. The van der Waals surface area contributed by atoms with E-state index in [1.165, 1.54) is 11.3 Å². The SMILES string of the molecule is CCOC(=O)C1=C(C)N=c2s/c(=C/c3cc(C(C)C)c(OC)cc3C)c(=O)n2[C@H]1c1ccccc1OC(C)C. The first kappa shape index (κ1) is 28.4. The van der Waals surface area contributed by atoms with Crippen molar-refractivity contribution in [1.82, 2.24) is 4.57 Å². The third kappa shape index (κ3) is 5.57. The van der Waals surface area contributed by atoms with Crippen LogP contribution in [0, 0.1) is 6.92 Å². The summed E-state index contributed by atoms with van der Waals surface area (Å²) < 4.78 is 19.3. The van der Waals surface area contributed by atoms with Crippen LogP contribution in [0.1, 0.15) is 75.8 Å². The number of carbonyl (C=O) groups is 1. The lowest BCUT2D eigenvalue weighted by atomic mass is 9.95. The molecule has 0 bridgehead atoms. The molecule has 0 saturated heterocycles. The second-order valence-electron chi connectivity index (χ2n) is 10.1. The molecule has 0 spiro atoms. The van der Waals surface area contributed by atoms with Crippen LogP contribution >= 0.6 is 11.3 Å². The number of carbonyl (C=O) groups excluding carboxylic acids is 1. The van der Waals surface area contributed by atoms with Crippen LogP contribution in [0.15, 0.2) is 57.5 Å². The molecule has 2 aromatic carbocycles. The van der Waals surface area contributed by atoms with Crippen LogP contribution in [-0.2, 0) is 9.53 Å². The maximum atomic E-state index is 14.1. The molecule has 7 nitrogen and oxygen atoms in total. The van der Waals surface area contributed by atoms with E-state index in [1.807, 2.05) is 57.2 Å². The summed E-state index contributed by atoms with van der Waals surface area (Å²) in [4.78, 5) is 32.5. The Balaban J connectivity index is 1.99.